The van der Waals surface area contributed by atoms with Crippen molar-refractivity contribution in [1.82, 2.24) is 10.3 Å². The summed E-state index contributed by atoms with van der Waals surface area (Å²) in [5.41, 5.74) is 3.39. The van der Waals surface area contributed by atoms with Crippen molar-refractivity contribution in [2.75, 3.05) is 5.32 Å². The zero-order chi connectivity index (χ0) is 18.2. The summed E-state index contributed by atoms with van der Waals surface area (Å²) in [6, 6.07) is 10.9. The number of aryl methyl sites for hydroxylation is 2. The molecule has 6 nitrogen and oxygen atoms in total. The minimum Gasteiger partial charge on any atom is -0.481 e. The van der Waals surface area contributed by atoms with Crippen molar-refractivity contribution in [2.24, 2.45) is 0 Å². The Labute approximate surface area is 147 Å². The van der Waals surface area contributed by atoms with E-state index in [1.165, 1.54) is 0 Å². The molecule has 0 fully saturated rings. The minimum atomic E-state index is -0.876. The fourth-order valence-corrected chi connectivity index (χ4v) is 2.64. The molecule has 1 heterocycles. The van der Waals surface area contributed by atoms with Gasteiger partial charge in [0.2, 0.25) is 0 Å². The van der Waals surface area contributed by atoms with Gasteiger partial charge >= 0.3 is 12.0 Å². The number of carboxylic acids is 1. The summed E-state index contributed by atoms with van der Waals surface area (Å²) in [5, 5.41) is 14.6. The zero-order valence-electron chi connectivity index (χ0n) is 14.5. The van der Waals surface area contributed by atoms with Gasteiger partial charge in [-0.1, -0.05) is 30.3 Å². The Bertz CT molecular complexity index is 712. The van der Waals surface area contributed by atoms with Crippen LogP contribution in [-0.2, 0) is 11.2 Å². The first-order valence-electron chi connectivity index (χ1n) is 8.21. The minimum absolute atomic E-state index is 0.00271. The molecule has 0 saturated heterocycles. The average Bonchev–Trinajstić information content (AvgIpc) is 2.57. The number of anilines is 1. The lowest BCUT2D eigenvalue weighted by Crippen LogP contribution is -2.40. The molecular weight excluding hydrogens is 318 g/mol. The fourth-order valence-electron chi connectivity index (χ4n) is 2.64. The molecule has 0 bridgehead atoms. The van der Waals surface area contributed by atoms with Crippen LogP contribution in [-0.4, -0.2) is 28.1 Å². The third-order valence-corrected chi connectivity index (χ3v) is 3.95. The maximum atomic E-state index is 12.4. The summed E-state index contributed by atoms with van der Waals surface area (Å²) >= 11 is 0. The van der Waals surface area contributed by atoms with Crippen LogP contribution in [0.3, 0.4) is 0 Å². The molecule has 0 spiro atoms. The number of aromatic nitrogens is 1. The van der Waals surface area contributed by atoms with Crippen molar-refractivity contribution in [2.45, 2.75) is 39.2 Å². The number of hydrogen-bond donors (Lipinski definition) is 3. The first kappa shape index (κ1) is 18.4. The first-order chi connectivity index (χ1) is 12.0. The van der Waals surface area contributed by atoms with Gasteiger partial charge in [-0.3, -0.25) is 9.78 Å². The quantitative estimate of drug-likeness (QED) is 0.720. The number of aliphatic carboxylic acids is 1. The molecule has 2 rings (SSSR count). The van der Waals surface area contributed by atoms with Crippen LogP contribution in [0.5, 0.6) is 0 Å². The Morgan fingerprint density at radius 3 is 2.52 bits per heavy atom. The number of nitrogens with zero attached hydrogens (tertiary/aromatic N) is 1. The van der Waals surface area contributed by atoms with Gasteiger partial charge in [0, 0.05) is 18.7 Å². The topological polar surface area (TPSA) is 91.3 Å². The maximum Gasteiger partial charge on any atom is 0.319 e. The van der Waals surface area contributed by atoms with Gasteiger partial charge in [-0.25, -0.2) is 4.79 Å². The Kier molecular flexibility index (Phi) is 6.51. The largest absolute Gasteiger partial charge is 0.481 e. The van der Waals surface area contributed by atoms with Crippen molar-refractivity contribution >= 4 is 17.7 Å². The number of hydrogen-bond acceptors (Lipinski definition) is 3. The maximum absolute atomic E-state index is 12.4. The summed E-state index contributed by atoms with van der Waals surface area (Å²) in [6.07, 6.45) is 2.64. The molecule has 0 aliphatic carbocycles. The van der Waals surface area contributed by atoms with Crippen molar-refractivity contribution in [1.29, 1.82) is 0 Å². The molecule has 1 atom stereocenters. The van der Waals surface area contributed by atoms with Crippen molar-refractivity contribution in [3.8, 4) is 0 Å². The Hall–Kier alpha value is -2.89. The van der Waals surface area contributed by atoms with Gasteiger partial charge in [0.05, 0.1) is 11.4 Å². The lowest BCUT2D eigenvalue weighted by atomic mass is 10.0. The predicted octanol–water partition coefficient (Wildman–Crippen LogP) is 3.30. The monoisotopic (exact) mass is 341 g/mol. The molecule has 0 aliphatic heterocycles. The lowest BCUT2D eigenvalue weighted by Gasteiger charge is -2.19. The summed E-state index contributed by atoms with van der Waals surface area (Å²) in [4.78, 5) is 27.4. The van der Waals surface area contributed by atoms with Crippen LogP contribution in [0.1, 0.15) is 29.7 Å². The molecule has 25 heavy (non-hydrogen) atoms. The van der Waals surface area contributed by atoms with Crippen LogP contribution in [0.25, 0.3) is 0 Å². The summed E-state index contributed by atoms with van der Waals surface area (Å²) in [5.74, 6) is -0.876. The number of nitrogens with one attached hydrogen (secondary N) is 2. The molecule has 6 heteroatoms. The highest BCUT2D eigenvalue weighted by Gasteiger charge is 2.16. The average molecular weight is 341 g/mol. The van der Waals surface area contributed by atoms with E-state index in [0.717, 1.165) is 16.8 Å². The van der Waals surface area contributed by atoms with Gasteiger partial charge < -0.3 is 15.7 Å². The number of benzene rings is 1. The third-order valence-electron chi connectivity index (χ3n) is 3.95. The zero-order valence-corrected chi connectivity index (χ0v) is 14.5. The Morgan fingerprint density at radius 1 is 1.16 bits per heavy atom. The van der Waals surface area contributed by atoms with Crippen molar-refractivity contribution < 1.29 is 14.7 Å². The van der Waals surface area contributed by atoms with Crippen LogP contribution in [0.15, 0.2) is 42.6 Å². The number of rotatable bonds is 7. The molecule has 0 radical (unpaired) electrons. The van der Waals surface area contributed by atoms with Crippen LogP contribution < -0.4 is 10.6 Å². The number of carbonyl (C=O) groups excluding carboxylic acids is 1. The van der Waals surface area contributed by atoms with Gasteiger partial charge in [-0.2, -0.15) is 0 Å². The van der Waals surface area contributed by atoms with Gasteiger partial charge in [-0.05, 0) is 43.9 Å². The molecule has 0 saturated carbocycles. The molecule has 132 valence electrons. The molecule has 1 aromatic carbocycles. The SMILES string of the molecule is Cc1ccnc(C)c1NC(=O)NC(CCC(=O)O)Cc1ccccc1. The van der Waals surface area contributed by atoms with Crippen LogP contribution in [0, 0.1) is 13.8 Å². The highest BCUT2D eigenvalue weighted by atomic mass is 16.4. The second kappa shape index (κ2) is 8.82. The van der Waals surface area contributed by atoms with E-state index in [-0.39, 0.29) is 18.5 Å². The molecular formula is C19H23N3O3. The normalized spacial score (nSPS) is 11.6. The smallest absolute Gasteiger partial charge is 0.319 e. The van der Waals surface area contributed by atoms with Crippen LogP contribution >= 0.6 is 0 Å². The molecule has 3 N–H and O–H groups in total. The van der Waals surface area contributed by atoms with E-state index in [0.29, 0.717) is 18.5 Å². The van der Waals surface area contributed by atoms with Crippen LogP contribution in [0.2, 0.25) is 0 Å². The molecule has 1 aromatic heterocycles. The molecule has 1 unspecified atom stereocenters. The lowest BCUT2D eigenvalue weighted by molar-refractivity contribution is -0.137. The van der Waals surface area contributed by atoms with Gasteiger partial charge in [-0.15, -0.1) is 0 Å². The second-order valence-electron chi connectivity index (χ2n) is 6.01. The highest BCUT2D eigenvalue weighted by Crippen LogP contribution is 2.17. The van der Waals surface area contributed by atoms with Crippen molar-refractivity contribution in [3.63, 3.8) is 0 Å². The number of carboxylic acid groups (broad SMARTS) is 1. The molecule has 2 amide bonds. The molecule has 2 aromatic rings. The van der Waals surface area contributed by atoms with Gasteiger partial charge in [0.25, 0.3) is 0 Å². The van der Waals surface area contributed by atoms with Crippen molar-refractivity contribution in [3.05, 3.63) is 59.4 Å². The molecule has 0 aliphatic rings. The number of pyridine rings is 1. The van der Waals surface area contributed by atoms with E-state index in [1.807, 2.05) is 50.2 Å². The van der Waals surface area contributed by atoms with E-state index < -0.39 is 5.97 Å². The Morgan fingerprint density at radius 2 is 1.88 bits per heavy atom. The van der Waals surface area contributed by atoms with Crippen LogP contribution in [0.4, 0.5) is 10.5 Å². The number of amides is 2. The third kappa shape index (κ3) is 5.91. The summed E-state index contributed by atoms with van der Waals surface area (Å²) < 4.78 is 0. The first-order valence-corrected chi connectivity index (χ1v) is 8.21. The fraction of sp³-hybridized carbons (Fsp3) is 0.316. The van der Waals surface area contributed by atoms with E-state index >= 15 is 0 Å². The summed E-state index contributed by atoms with van der Waals surface area (Å²) in [6.45, 7) is 3.73. The standard InChI is InChI=1S/C19H23N3O3/c1-13-10-11-20-14(2)18(13)22-19(25)21-16(8-9-17(23)24)12-15-6-4-3-5-7-15/h3-7,10-11,16H,8-9,12H2,1-2H3,(H,23,24)(H2,21,22,25). The Balaban J connectivity index is 2.04. The number of carbonyl (C=O) groups is 2. The van der Waals surface area contributed by atoms with E-state index in [2.05, 4.69) is 15.6 Å². The number of urea groups is 1. The predicted molar refractivity (Wildman–Crippen MR) is 96.7 cm³/mol. The van der Waals surface area contributed by atoms with E-state index in [4.69, 9.17) is 5.11 Å². The second-order valence-corrected chi connectivity index (χ2v) is 6.01. The summed E-state index contributed by atoms with van der Waals surface area (Å²) in [7, 11) is 0. The van der Waals surface area contributed by atoms with Gasteiger partial charge in [0.15, 0.2) is 0 Å². The van der Waals surface area contributed by atoms with Gasteiger partial charge in [0.1, 0.15) is 0 Å². The van der Waals surface area contributed by atoms with E-state index in [1.54, 1.807) is 6.20 Å². The van der Waals surface area contributed by atoms with E-state index in [9.17, 15) is 9.59 Å². The highest BCUT2D eigenvalue weighted by molar-refractivity contribution is 5.90.